The number of nitrogens with zero attached hydrogens (tertiary/aromatic N) is 3. The summed E-state index contributed by atoms with van der Waals surface area (Å²) in [7, 11) is 0. The van der Waals surface area contributed by atoms with Gasteiger partial charge in [-0.1, -0.05) is 13.0 Å². The largest absolute Gasteiger partial charge is 0.488 e. The lowest BCUT2D eigenvalue weighted by Gasteiger charge is -2.31. The Kier molecular flexibility index (Phi) is 5.04. The highest BCUT2D eigenvalue weighted by molar-refractivity contribution is 5.95. The molecule has 1 aromatic heterocycles. The van der Waals surface area contributed by atoms with Crippen molar-refractivity contribution in [3.63, 3.8) is 0 Å². The zero-order valence-corrected chi connectivity index (χ0v) is 17.7. The lowest BCUT2D eigenvalue weighted by molar-refractivity contribution is -0.138. The van der Waals surface area contributed by atoms with Crippen molar-refractivity contribution in [2.45, 2.75) is 44.4 Å². The third-order valence-corrected chi connectivity index (χ3v) is 6.73. The average Bonchev–Trinajstić information content (AvgIpc) is 3.14. The van der Waals surface area contributed by atoms with Gasteiger partial charge in [-0.15, -0.1) is 0 Å². The number of likely N-dealkylation sites (tertiary alicyclic amines) is 1. The SMILES string of the molecule is CC1CC(C(=O)O)c2ccc(N3CCOc4cc(C(=O)N5CCCCC5)cnc43)cc21. The number of rotatable bonds is 3. The monoisotopic (exact) mass is 421 g/mol. The quantitative estimate of drug-likeness (QED) is 0.809. The number of hydrogen-bond donors (Lipinski definition) is 1. The van der Waals surface area contributed by atoms with E-state index in [0.717, 1.165) is 42.7 Å². The van der Waals surface area contributed by atoms with Crippen LogP contribution in [-0.2, 0) is 4.79 Å². The van der Waals surface area contributed by atoms with Crippen LogP contribution in [0.5, 0.6) is 5.75 Å². The minimum Gasteiger partial charge on any atom is -0.488 e. The second-order valence-electron chi connectivity index (χ2n) is 8.74. The molecule has 0 spiro atoms. The summed E-state index contributed by atoms with van der Waals surface area (Å²) in [5.74, 6) is 0.337. The van der Waals surface area contributed by atoms with Crippen molar-refractivity contribution < 1.29 is 19.4 Å². The number of amides is 1. The van der Waals surface area contributed by atoms with E-state index in [-0.39, 0.29) is 11.8 Å². The van der Waals surface area contributed by atoms with E-state index in [1.165, 1.54) is 6.42 Å². The number of hydrogen-bond acceptors (Lipinski definition) is 5. The van der Waals surface area contributed by atoms with Gasteiger partial charge in [0, 0.05) is 25.0 Å². The smallest absolute Gasteiger partial charge is 0.311 e. The van der Waals surface area contributed by atoms with Gasteiger partial charge >= 0.3 is 5.97 Å². The molecule has 0 saturated carbocycles. The summed E-state index contributed by atoms with van der Waals surface area (Å²) in [6.07, 6.45) is 5.56. The number of aliphatic carboxylic acids is 1. The first-order valence-corrected chi connectivity index (χ1v) is 11.1. The van der Waals surface area contributed by atoms with Crippen LogP contribution in [0.15, 0.2) is 30.5 Å². The lowest BCUT2D eigenvalue weighted by Crippen LogP contribution is -2.36. The van der Waals surface area contributed by atoms with Gasteiger partial charge in [0.2, 0.25) is 0 Å². The number of ether oxygens (including phenoxy) is 1. The highest BCUT2D eigenvalue weighted by atomic mass is 16.5. The summed E-state index contributed by atoms with van der Waals surface area (Å²) >= 11 is 0. The fourth-order valence-electron chi connectivity index (χ4n) is 5.06. The summed E-state index contributed by atoms with van der Waals surface area (Å²) in [5, 5.41) is 9.52. The molecule has 0 radical (unpaired) electrons. The standard InChI is InChI=1S/C24H27N3O4/c1-15-11-20(24(29)30)18-6-5-17(13-19(15)18)27-9-10-31-21-12-16(14-25-22(21)27)23(28)26-7-3-2-4-8-26/h5-6,12-15,20H,2-4,7-11H2,1H3,(H,29,30). The lowest BCUT2D eigenvalue weighted by atomic mass is 10.0. The number of aromatic nitrogens is 1. The molecule has 2 unspecified atom stereocenters. The van der Waals surface area contributed by atoms with E-state index in [1.54, 1.807) is 6.20 Å². The number of carboxylic acid groups (broad SMARTS) is 1. The summed E-state index contributed by atoms with van der Waals surface area (Å²) in [5.41, 5.74) is 3.54. The predicted molar refractivity (Wildman–Crippen MR) is 116 cm³/mol. The second-order valence-corrected chi connectivity index (χ2v) is 8.74. The minimum absolute atomic E-state index is 0.0155. The van der Waals surface area contributed by atoms with Gasteiger partial charge in [0.25, 0.3) is 5.91 Å². The zero-order chi connectivity index (χ0) is 21.5. The zero-order valence-electron chi connectivity index (χ0n) is 17.7. The molecule has 2 aliphatic heterocycles. The van der Waals surface area contributed by atoms with Crippen LogP contribution in [0.1, 0.15) is 65.9 Å². The maximum absolute atomic E-state index is 12.9. The molecule has 1 amide bonds. The molecule has 1 N–H and O–H groups in total. The maximum Gasteiger partial charge on any atom is 0.311 e. The second kappa shape index (κ2) is 7.87. The van der Waals surface area contributed by atoms with Crippen LogP contribution >= 0.6 is 0 Å². The van der Waals surface area contributed by atoms with Crippen LogP contribution in [0.4, 0.5) is 11.5 Å². The molecule has 3 heterocycles. The van der Waals surface area contributed by atoms with Gasteiger partial charge in [-0.05, 0) is 60.9 Å². The molecule has 3 aliphatic rings. The highest BCUT2D eigenvalue weighted by Gasteiger charge is 2.34. The van der Waals surface area contributed by atoms with Gasteiger partial charge in [-0.2, -0.15) is 0 Å². The van der Waals surface area contributed by atoms with Crippen molar-refractivity contribution in [2.75, 3.05) is 31.1 Å². The van der Waals surface area contributed by atoms with E-state index in [4.69, 9.17) is 4.74 Å². The van der Waals surface area contributed by atoms with Gasteiger partial charge in [-0.3, -0.25) is 9.59 Å². The highest BCUT2D eigenvalue weighted by Crippen LogP contribution is 2.44. The van der Waals surface area contributed by atoms with Crippen LogP contribution in [0.2, 0.25) is 0 Å². The maximum atomic E-state index is 12.9. The molecule has 31 heavy (non-hydrogen) atoms. The predicted octanol–water partition coefficient (Wildman–Crippen LogP) is 3.91. The van der Waals surface area contributed by atoms with Gasteiger partial charge in [0.1, 0.15) is 6.61 Å². The van der Waals surface area contributed by atoms with Gasteiger partial charge in [0.15, 0.2) is 11.6 Å². The summed E-state index contributed by atoms with van der Waals surface area (Å²) < 4.78 is 5.86. The van der Waals surface area contributed by atoms with Crippen molar-refractivity contribution in [3.8, 4) is 5.75 Å². The molecule has 2 atom stereocenters. The Morgan fingerprint density at radius 2 is 1.90 bits per heavy atom. The Labute approximate surface area is 181 Å². The fourth-order valence-corrected chi connectivity index (χ4v) is 5.06. The van der Waals surface area contributed by atoms with E-state index in [9.17, 15) is 14.7 Å². The molecule has 162 valence electrons. The third kappa shape index (κ3) is 3.52. The fraction of sp³-hybridized carbons (Fsp3) is 0.458. The van der Waals surface area contributed by atoms with Crippen molar-refractivity contribution in [1.82, 2.24) is 9.88 Å². The Hall–Kier alpha value is -3.09. The van der Waals surface area contributed by atoms with Gasteiger partial charge in [0.05, 0.1) is 18.0 Å². The Morgan fingerprint density at radius 1 is 1.10 bits per heavy atom. The number of fused-ring (bicyclic) bond motifs is 2. The molecular weight excluding hydrogens is 394 g/mol. The molecule has 2 aromatic rings. The number of carbonyl (C=O) groups is 2. The van der Waals surface area contributed by atoms with Crippen molar-refractivity contribution in [1.29, 1.82) is 0 Å². The molecule has 7 nitrogen and oxygen atoms in total. The first kappa shape index (κ1) is 19.8. The molecule has 7 heteroatoms. The van der Waals surface area contributed by atoms with E-state index in [2.05, 4.69) is 22.9 Å². The number of carbonyl (C=O) groups excluding carboxylic acids is 1. The first-order chi connectivity index (χ1) is 15.0. The summed E-state index contributed by atoms with van der Waals surface area (Å²) in [6, 6.07) is 7.81. The molecule has 1 saturated heterocycles. The summed E-state index contributed by atoms with van der Waals surface area (Å²) in [4.78, 5) is 33.0. The molecule has 5 rings (SSSR count). The van der Waals surface area contributed by atoms with Crippen LogP contribution in [0.25, 0.3) is 0 Å². The normalized spacial score (nSPS) is 22.5. The van der Waals surface area contributed by atoms with Crippen LogP contribution < -0.4 is 9.64 Å². The summed E-state index contributed by atoms with van der Waals surface area (Å²) in [6.45, 7) is 4.83. The van der Waals surface area contributed by atoms with E-state index >= 15 is 0 Å². The van der Waals surface area contributed by atoms with E-state index < -0.39 is 11.9 Å². The van der Waals surface area contributed by atoms with Crippen molar-refractivity contribution in [2.24, 2.45) is 0 Å². The number of piperidine rings is 1. The van der Waals surface area contributed by atoms with E-state index in [0.29, 0.717) is 36.7 Å². The van der Waals surface area contributed by atoms with Crippen molar-refractivity contribution in [3.05, 3.63) is 47.2 Å². The number of benzene rings is 1. The molecule has 1 fully saturated rings. The van der Waals surface area contributed by atoms with Crippen molar-refractivity contribution >= 4 is 23.4 Å². The van der Waals surface area contributed by atoms with Crippen LogP contribution in [-0.4, -0.2) is 53.1 Å². The molecular formula is C24H27N3O4. The Bertz CT molecular complexity index is 1030. The van der Waals surface area contributed by atoms with Crippen LogP contribution in [0, 0.1) is 0 Å². The van der Waals surface area contributed by atoms with Gasteiger partial charge in [-0.25, -0.2) is 4.98 Å². The van der Waals surface area contributed by atoms with Gasteiger partial charge < -0.3 is 19.6 Å². The number of pyridine rings is 1. The number of carboxylic acids is 1. The Morgan fingerprint density at radius 3 is 2.68 bits per heavy atom. The van der Waals surface area contributed by atoms with E-state index in [1.807, 2.05) is 23.1 Å². The average molecular weight is 421 g/mol. The molecule has 1 aromatic carbocycles. The topological polar surface area (TPSA) is 83.0 Å². The van der Waals surface area contributed by atoms with Crippen LogP contribution in [0.3, 0.4) is 0 Å². The molecule has 0 bridgehead atoms. The molecule has 1 aliphatic carbocycles. The third-order valence-electron chi connectivity index (χ3n) is 6.73. The first-order valence-electron chi connectivity index (χ1n) is 11.1. The minimum atomic E-state index is -0.761. The Balaban J connectivity index is 1.44. The number of anilines is 2.